The average Bonchev–Trinajstić information content (AvgIpc) is 2.62. The number of rotatable bonds is 7. The van der Waals surface area contributed by atoms with E-state index in [0.717, 1.165) is 16.8 Å². The Morgan fingerprint density at radius 3 is 2.68 bits per heavy atom. The van der Waals surface area contributed by atoms with E-state index < -0.39 is 0 Å². The minimum absolute atomic E-state index is 0.141. The number of nitrogens with zero attached hydrogens (tertiary/aromatic N) is 1. The van der Waals surface area contributed by atoms with Crippen LogP contribution in [0.5, 0.6) is 11.5 Å². The van der Waals surface area contributed by atoms with E-state index in [1.807, 2.05) is 32.0 Å². The third kappa shape index (κ3) is 4.59. The molecule has 25 heavy (non-hydrogen) atoms. The highest BCUT2D eigenvalue weighted by atomic mass is 16.5. The quantitative estimate of drug-likeness (QED) is 0.796. The molecule has 0 fully saturated rings. The number of aromatic amines is 1. The lowest BCUT2D eigenvalue weighted by molar-refractivity contribution is -0.121. The van der Waals surface area contributed by atoms with Crippen LogP contribution in [0, 0.1) is 13.8 Å². The van der Waals surface area contributed by atoms with Gasteiger partial charge in [0.05, 0.1) is 19.9 Å². The summed E-state index contributed by atoms with van der Waals surface area (Å²) in [5.74, 6) is 1.29. The van der Waals surface area contributed by atoms with Crippen molar-refractivity contribution in [1.29, 1.82) is 0 Å². The molecule has 1 aromatic heterocycles. The summed E-state index contributed by atoms with van der Waals surface area (Å²) in [7, 11) is 3.18. The maximum absolute atomic E-state index is 12.1. The van der Waals surface area contributed by atoms with E-state index >= 15 is 0 Å². The van der Waals surface area contributed by atoms with Crippen LogP contribution in [0.3, 0.4) is 0 Å². The molecule has 0 bridgehead atoms. The van der Waals surface area contributed by atoms with Gasteiger partial charge in [0.1, 0.15) is 11.5 Å². The standard InChI is InChI=1S/C18H23N3O4/c1-11-12(2)20-21-18(23)15(11)10-19-17(22)8-5-13-9-14(24-3)6-7-16(13)25-4/h6-7,9H,5,8,10H2,1-4H3,(H,19,22)(H,21,23). The Labute approximate surface area is 146 Å². The second-order valence-corrected chi connectivity index (χ2v) is 5.70. The molecule has 0 spiro atoms. The zero-order valence-corrected chi connectivity index (χ0v) is 14.9. The van der Waals surface area contributed by atoms with E-state index in [2.05, 4.69) is 15.5 Å². The first kappa shape index (κ1) is 18.5. The summed E-state index contributed by atoms with van der Waals surface area (Å²) < 4.78 is 10.5. The lowest BCUT2D eigenvalue weighted by atomic mass is 10.1. The van der Waals surface area contributed by atoms with Gasteiger partial charge in [-0.2, -0.15) is 5.10 Å². The van der Waals surface area contributed by atoms with E-state index in [0.29, 0.717) is 23.5 Å². The fourth-order valence-corrected chi connectivity index (χ4v) is 2.49. The number of amides is 1. The van der Waals surface area contributed by atoms with Crippen molar-refractivity contribution >= 4 is 5.91 Å². The molecule has 0 saturated heterocycles. The summed E-state index contributed by atoms with van der Waals surface area (Å²) in [4.78, 5) is 24.0. The van der Waals surface area contributed by atoms with E-state index in [9.17, 15) is 9.59 Å². The number of aromatic nitrogens is 2. The van der Waals surface area contributed by atoms with E-state index in [1.54, 1.807) is 14.2 Å². The summed E-state index contributed by atoms with van der Waals surface area (Å²) in [5, 5.41) is 9.12. The largest absolute Gasteiger partial charge is 0.497 e. The van der Waals surface area contributed by atoms with Crippen molar-refractivity contribution in [2.75, 3.05) is 14.2 Å². The van der Waals surface area contributed by atoms with Gasteiger partial charge in [0.25, 0.3) is 5.56 Å². The van der Waals surface area contributed by atoms with Gasteiger partial charge in [-0.05, 0) is 49.6 Å². The Kier molecular flexibility index (Phi) is 6.16. The molecule has 0 saturated carbocycles. The number of carbonyl (C=O) groups is 1. The second kappa shape index (κ2) is 8.32. The fraction of sp³-hybridized carbons (Fsp3) is 0.389. The highest BCUT2D eigenvalue weighted by molar-refractivity contribution is 5.76. The van der Waals surface area contributed by atoms with Crippen LogP contribution in [0.1, 0.15) is 28.8 Å². The Morgan fingerprint density at radius 1 is 1.24 bits per heavy atom. The molecule has 1 amide bonds. The lowest BCUT2D eigenvalue weighted by Crippen LogP contribution is -2.28. The normalized spacial score (nSPS) is 10.4. The number of H-pyrrole nitrogens is 1. The Bertz CT molecular complexity index is 814. The number of aryl methyl sites for hydroxylation is 2. The molecule has 0 unspecified atom stereocenters. The van der Waals surface area contributed by atoms with Crippen LogP contribution in [0.25, 0.3) is 0 Å². The van der Waals surface area contributed by atoms with Crippen LogP contribution >= 0.6 is 0 Å². The SMILES string of the molecule is COc1ccc(OC)c(CCC(=O)NCc2c(C)c(C)n[nH]c2=O)c1. The maximum Gasteiger partial charge on any atom is 0.269 e. The Balaban J connectivity index is 1.98. The molecular weight excluding hydrogens is 322 g/mol. The number of carbonyl (C=O) groups excluding carboxylic acids is 1. The molecule has 0 atom stereocenters. The highest BCUT2D eigenvalue weighted by Crippen LogP contribution is 2.25. The van der Waals surface area contributed by atoms with Gasteiger partial charge in [-0.1, -0.05) is 0 Å². The molecular formula is C18H23N3O4. The number of ether oxygens (including phenoxy) is 2. The minimum Gasteiger partial charge on any atom is -0.497 e. The van der Waals surface area contributed by atoms with Crippen LogP contribution in [-0.4, -0.2) is 30.3 Å². The Morgan fingerprint density at radius 2 is 2.00 bits per heavy atom. The van der Waals surface area contributed by atoms with Gasteiger partial charge in [0, 0.05) is 18.5 Å². The zero-order valence-electron chi connectivity index (χ0n) is 14.9. The lowest BCUT2D eigenvalue weighted by Gasteiger charge is -2.11. The molecule has 7 heteroatoms. The summed E-state index contributed by atoms with van der Waals surface area (Å²) in [6.07, 6.45) is 0.793. The molecule has 0 radical (unpaired) electrons. The van der Waals surface area contributed by atoms with E-state index in [4.69, 9.17) is 9.47 Å². The second-order valence-electron chi connectivity index (χ2n) is 5.70. The van der Waals surface area contributed by atoms with E-state index in [1.165, 1.54) is 0 Å². The number of hydrogen-bond donors (Lipinski definition) is 2. The van der Waals surface area contributed by atoms with Gasteiger partial charge >= 0.3 is 0 Å². The molecule has 7 nitrogen and oxygen atoms in total. The van der Waals surface area contributed by atoms with Crippen molar-refractivity contribution in [3.63, 3.8) is 0 Å². The number of benzene rings is 1. The van der Waals surface area contributed by atoms with Crippen molar-refractivity contribution in [2.45, 2.75) is 33.2 Å². The van der Waals surface area contributed by atoms with Gasteiger partial charge in [-0.3, -0.25) is 9.59 Å². The van der Waals surface area contributed by atoms with Crippen LogP contribution in [-0.2, 0) is 17.8 Å². The zero-order chi connectivity index (χ0) is 18.4. The van der Waals surface area contributed by atoms with Gasteiger partial charge in [0.15, 0.2) is 0 Å². The highest BCUT2D eigenvalue weighted by Gasteiger charge is 2.11. The maximum atomic E-state index is 12.1. The molecule has 2 N–H and O–H groups in total. The molecule has 1 aromatic carbocycles. The van der Waals surface area contributed by atoms with E-state index in [-0.39, 0.29) is 24.4 Å². The molecule has 1 heterocycles. The molecule has 0 aliphatic carbocycles. The predicted molar refractivity (Wildman–Crippen MR) is 94.0 cm³/mol. The minimum atomic E-state index is -0.280. The molecule has 0 aliphatic rings. The third-order valence-electron chi connectivity index (χ3n) is 4.17. The average molecular weight is 345 g/mol. The first-order valence-corrected chi connectivity index (χ1v) is 7.98. The summed E-state index contributed by atoms with van der Waals surface area (Å²) in [6, 6.07) is 5.48. The van der Waals surface area contributed by atoms with Crippen LogP contribution < -0.4 is 20.3 Å². The van der Waals surface area contributed by atoms with Crippen molar-refractivity contribution in [2.24, 2.45) is 0 Å². The van der Waals surface area contributed by atoms with Gasteiger partial charge in [0.2, 0.25) is 5.91 Å². The number of hydrogen-bond acceptors (Lipinski definition) is 5. The first-order chi connectivity index (χ1) is 12.0. The molecule has 2 aromatic rings. The van der Waals surface area contributed by atoms with Crippen molar-refractivity contribution < 1.29 is 14.3 Å². The number of nitrogens with one attached hydrogen (secondary N) is 2. The summed E-state index contributed by atoms with van der Waals surface area (Å²) >= 11 is 0. The molecule has 0 aliphatic heterocycles. The van der Waals surface area contributed by atoms with Gasteiger partial charge in [-0.15, -0.1) is 0 Å². The van der Waals surface area contributed by atoms with Crippen LogP contribution in [0.15, 0.2) is 23.0 Å². The Hall–Kier alpha value is -2.83. The first-order valence-electron chi connectivity index (χ1n) is 7.98. The van der Waals surface area contributed by atoms with Crippen molar-refractivity contribution in [3.8, 4) is 11.5 Å². The van der Waals surface area contributed by atoms with Crippen molar-refractivity contribution in [1.82, 2.24) is 15.5 Å². The van der Waals surface area contributed by atoms with Crippen molar-refractivity contribution in [3.05, 3.63) is 50.9 Å². The predicted octanol–water partition coefficient (Wildman–Crippen LogP) is 1.65. The fourth-order valence-electron chi connectivity index (χ4n) is 2.49. The number of methoxy groups -OCH3 is 2. The summed E-state index contributed by atoms with van der Waals surface area (Å²) in [6.45, 7) is 3.81. The summed E-state index contributed by atoms with van der Waals surface area (Å²) in [5.41, 5.74) is 2.67. The smallest absolute Gasteiger partial charge is 0.269 e. The molecule has 2 rings (SSSR count). The monoisotopic (exact) mass is 345 g/mol. The molecule has 134 valence electrons. The van der Waals surface area contributed by atoms with Crippen LogP contribution in [0.4, 0.5) is 0 Å². The van der Waals surface area contributed by atoms with Gasteiger partial charge < -0.3 is 14.8 Å². The third-order valence-corrected chi connectivity index (χ3v) is 4.17. The van der Waals surface area contributed by atoms with Gasteiger partial charge in [-0.25, -0.2) is 5.10 Å². The van der Waals surface area contributed by atoms with Crippen LogP contribution in [0.2, 0.25) is 0 Å². The topological polar surface area (TPSA) is 93.3 Å².